The van der Waals surface area contributed by atoms with Crippen molar-refractivity contribution in [2.75, 3.05) is 31.7 Å². The predicted molar refractivity (Wildman–Crippen MR) is 100.0 cm³/mol. The fraction of sp³-hybridized carbons (Fsp3) is 0.316. The molecule has 0 amide bonds. The number of ether oxygens (including phenoxy) is 1. The van der Waals surface area contributed by atoms with Crippen molar-refractivity contribution in [2.45, 2.75) is 6.92 Å². The Morgan fingerprint density at radius 3 is 2.54 bits per heavy atom. The SMILES string of the molecule is CCN(CCO)c1ccc(-c2sc3cc(OC)ccc3[n+]2C)cc1. The monoisotopic (exact) mass is 343 g/mol. The standard InChI is InChI=1S/C19H23N2O2S/c1-4-21(11-12-22)15-7-5-14(6-8-15)19-20(2)17-10-9-16(23-3)13-18(17)24-19/h5-10,13,22H,4,11-12H2,1-3H3/q+1. The predicted octanol–water partition coefficient (Wildman–Crippen LogP) is 3.22. The summed E-state index contributed by atoms with van der Waals surface area (Å²) in [6.07, 6.45) is 0. The third-order valence-corrected chi connectivity index (χ3v) is 5.52. The maximum atomic E-state index is 9.17. The first-order chi connectivity index (χ1) is 11.7. The molecule has 0 radical (unpaired) electrons. The lowest BCUT2D eigenvalue weighted by Gasteiger charge is -2.21. The molecule has 0 saturated carbocycles. The molecule has 0 atom stereocenters. The van der Waals surface area contributed by atoms with Gasteiger partial charge in [-0.2, -0.15) is 4.57 Å². The average molecular weight is 343 g/mol. The number of aryl methyl sites for hydroxylation is 1. The summed E-state index contributed by atoms with van der Waals surface area (Å²) in [6, 6.07) is 14.7. The molecule has 1 aromatic heterocycles. The first-order valence-electron chi connectivity index (χ1n) is 8.10. The molecule has 1 heterocycles. The van der Waals surface area contributed by atoms with Crippen LogP contribution in [0.1, 0.15) is 6.92 Å². The van der Waals surface area contributed by atoms with E-state index in [1.165, 1.54) is 20.8 Å². The molecule has 1 N–H and O–H groups in total. The van der Waals surface area contributed by atoms with E-state index in [-0.39, 0.29) is 6.61 Å². The number of thiazole rings is 1. The number of aromatic nitrogens is 1. The number of anilines is 1. The van der Waals surface area contributed by atoms with E-state index in [2.05, 4.69) is 59.8 Å². The highest BCUT2D eigenvalue weighted by atomic mass is 32.1. The quantitative estimate of drug-likeness (QED) is 0.698. The van der Waals surface area contributed by atoms with Crippen LogP contribution in [-0.4, -0.2) is 31.9 Å². The zero-order chi connectivity index (χ0) is 17.1. The van der Waals surface area contributed by atoms with E-state index in [1.807, 2.05) is 6.07 Å². The minimum Gasteiger partial charge on any atom is -0.497 e. The second-order valence-corrected chi connectivity index (χ2v) is 6.68. The third-order valence-electron chi connectivity index (χ3n) is 4.27. The number of aliphatic hydroxyl groups excluding tert-OH is 1. The molecule has 0 fully saturated rings. The Labute approximate surface area is 146 Å². The highest BCUT2D eigenvalue weighted by molar-refractivity contribution is 7.21. The van der Waals surface area contributed by atoms with Gasteiger partial charge in [0.1, 0.15) is 17.5 Å². The third kappa shape index (κ3) is 3.09. The van der Waals surface area contributed by atoms with Gasteiger partial charge in [-0.05, 0) is 37.3 Å². The molecule has 0 unspecified atom stereocenters. The number of benzene rings is 2. The number of methoxy groups -OCH3 is 1. The normalized spacial score (nSPS) is 11.0. The van der Waals surface area contributed by atoms with E-state index in [1.54, 1.807) is 18.4 Å². The second-order valence-electron chi connectivity index (χ2n) is 5.65. The van der Waals surface area contributed by atoms with Gasteiger partial charge in [-0.15, -0.1) is 0 Å². The number of rotatable bonds is 6. The van der Waals surface area contributed by atoms with Gasteiger partial charge >= 0.3 is 0 Å². The summed E-state index contributed by atoms with van der Waals surface area (Å²) >= 11 is 1.77. The van der Waals surface area contributed by atoms with Gasteiger partial charge in [0.2, 0.25) is 5.52 Å². The number of fused-ring (bicyclic) bond motifs is 1. The van der Waals surface area contributed by atoms with Crippen molar-refractivity contribution in [1.82, 2.24) is 0 Å². The number of likely N-dealkylation sites (N-methyl/N-ethyl adjacent to an activating group) is 1. The molecule has 2 aromatic carbocycles. The molecule has 0 bridgehead atoms. The van der Waals surface area contributed by atoms with E-state index in [0.29, 0.717) is 6.54 Å². The van der Waals surface area contributed by atoms with Crippen LogP contribution in [0, 0.1) is 0 Å². The number of hydrogen-bond donors (Lipinski definition) is 1. The number of nitrogens with zero attached hydrogens (tertiary/aromatic N) is 2. The van der Waals surface area contributed by atoms with Crippen LogP contribution in [0.2, 0.25) is 0 Å². The minimum atomic E-state index is 0.169. The summed E-state index contributed by atoms with van der Waals surface area (Å²) in [5.74, 6) is 0.883. The molecule has 4 nitrogen and oxygen atoms in total. The van der Waals surface area contributed by atoms with Gasteiger partial charge in [0.15, 0.2) is 0 Å². The largest absolute Gasteiger partial charge is 0.497 e. The lowest BCUT2D eigenvalue weighted by atomic mass is 10.2. The summed E-state index contributed by atoms with van der Waals surface area (Å²) in [5, 5.41) is 10.4. The fourth-order valence-corrected chi connectivity index (χ4v) is 4.10. The van der Waals surface area contributed by atoms with Gasteiger partial charge in [-0.25, -0.2) is 0 Å². The zero-order valence-corrected chi connectivity index (χ0v) is 15.1. The fourth-order valence-electron chi connectivity index (χ4n) is 2.92. The van der Waals surface area contributed by atoms with Crippen molar-refractivity contribution in [3.8, 4) is 16.3 Å². The van der Waals surface area contributed by atoms with Crippen LogP contribution in [0.3, 0.4) is 0 Å². The van der Waals surface area contributed by atoms with Crippen LogP contribution in [0.5, 0.6) is 5.75 Å². The van der Waals surface area contributed by atoms with Gasteiger partial charge in [-0.1, -0.05) is 11.3 Å². The molecule has 24 heavy (non-hydrogen) atoms. The lowest BCUT2D eigenvalue weighted by Crippen LogP contribution is -2.28. The Kier molecular flexibility index (Phi) is 5.02. The first-order valence-corrected chi connectivity index (χ1v) is 8.92. The molecule has 0 saturated heterocycles. The molecule has 3 aromatic rings. The Bertz CT molecular complexity index is 827. The Balaban J connectivity index is 1.97. The topological polar surface area (TPSA) is 36.6 Å². The average Bonchev–Trinajstić information content (AvgIpc) is 2.96. The number of hydrogen-bond acceptors (Lipinski definition) is 4. The van der Waals surface area contributed by atoms with Crippen LogP contribution in [0.4, 0.5) is 5.69 Å². The smallest absolute Gasteiger partial charge is 0.269 e. The molecule has 126 valence electrons. The summed E-state index contributed by atoms with van der Waals surface area (Å²) in [6.45, 7) is 3.81. The Morgan fingerprint density at radius 2 is 1.92 bits per heavy atom. The van der Waals surface area contributed by atoms with Crippen LogP contribution in [0.25, 0.3) is 20.8 Å². The number of aliphatic hydroxyl groups is 1. The molecule has 0 aliphatic rings. The molecule has 3 rings (SSSR count). The van der Waals surface area contributed by atoms with E-state index in [9.17, 15) is 0 Å². The maximum Gasteiger partial charge on any atom is 0.269 e. The molecule has 0 aliphatic heterocycles. The van der Waals surface area contributed by atoms with Crippen molar-refractivity contribution in [1.29, 1.82) is 0 Å². The highest BCUT2D eigenvalue weighted by Gasteiger charge is 2.19. The van der Waals surface area contributed by atoms with Crippen molar-refractivity contribution in [3.63, 3.8) is 0 Å². The lowest BCUT2D eigenvalue weighted by molar-refractivity contribution is -0.629. The summed E-state index contributed by atoms with van der Waals surface area (Å²) in [7, 11) is 3.79. The van der Waals surface area contributed by atoms with E-state index in [0.717, 1.165) is 18.0 Å². The molecule has 5 heteroatoms. The zero-order valence-electron chi connectivity index (χ0n) is 14.3. The van der Waals surface area contributed by atoms with E-state index in [4.69, 9.17) is 9.84 Å². The van der Waals surface area contributed by atoms with E-state index >= 15 is 0 Å². The van der Waals surface area contributed by atoms with Crippen LogP contribution in [-0.2, 0) is 7.05 Å². The van der Waals surface area contributed by atoms with Gasteiger partial charge in [0.25, 0.3) is 5.01 Å². The van der Waals surface area contributed by atoms with Gasteiger partial charge in [-0.3, -0.25) is 0 Å². The van der Waals surface area contributed by atoms with Crippen LogP contribution >= 0.6 is 11.3 Å². The van der Waals surface area contributed by atoms with Gasteiger partial charge < -0.3 is 14.7 Å². The van der Waals surface area contributed by atoms with Crippen molar-refractivity contribution < 1.29 is 14.4 Å². The molecular weight excluding hydrogens is 320 g/mol. The van der Waals surface area contributed by atoms with Crippen molar-refractivity contribution in [2.24, 2.45) is 7.05 Å². The maximum absolute atomic E-state index is 9.17. The highest BCUT2D eigenvalue weighted by Crippen LogP contribution is 2.31. The summed E-state index contributed by atoms with van der Waals surface area (Å²) in [5.41, 5.74) is 3.54. The summed E-state index contributed by atoms with van der Waals surface area (Å²) in [4.78, 5) is 2.17. The minimum absolute atomic E-state index is 0.169. The Hall–Kier alpha value is -2.11. The molecule has 0 spiro atoms. The Morgan fingerprint density at radius 1 is 1.17 bits per heavy atom. The molecule has 0 aliphatic carbocycles. The van der Waals surface area contributed by atoms with Crippen LogP contribution in [0.15, 0.2) is 42.5 Å². The second kappa shape index (κ2) is 7.20. The van der Waals surface area contributed by atoms with Gasteiger partial charge in [0.05, 0.1) is 19.3 Å². The van der Waals surface area contributed by atoms with Crippen molar-refractivity contribution >= 4 is 27.2 Å². The van der Waals surface area contributed by atoms with Crippen molar-refractivity contribution in [3.05, 3.63) is 42.5 Å². The summed E-state index contributed by atoms with van der Waals surface area (Å²) < 4.78 is 8.76. The van der Waals surface area contributed by atoms with Crippen LogP contribution < -0.4 is 14.2 Å². The molecular formula is C19H23N2O2S+. The van der Waals surface area contributed by atoms with Gasteiger partial charge in [0, 0.05) is 30.9 Å². The first kappa shape index (κ1) is 16.7. The van der Waals surface area contributed by atoms with E-state index < -0.39 is 0 Å².